The Morgan fingerprint density at radius 2 is 1.62 bits per heavy atom. The predicted octanol–water partition coefficient (Wildman–Crippen LogP) is 4.35. The Morgan fingerprint density at radius 1 is 0.969 bits per heavy atom. The molecule has 1 saturated heterocycles. The van der Waals surface area contributed by atoms with E-state index in [4.69, 9.17) is 10.00 Å². The van der Waals surface area contributed by atoms with Crippen LogP contribution in [0.2, 0.25) is 0 Å². The number of aromatic nitrogens is 1. The Labute approximate surface area is 184 Å². The van der Waals surface area contributed by atoms with Gasteiger partial charge in [0.05, 0.1) is 17.7 Å². The Hall–Kier alpha value is -4.67. The second-order valence-corrected chi connectivity index (χ2v) is 6.18. The van der Waals surface area contributed by atoms with Gasteiger partial charge in [0, 0.05) is 29.6 Å². The van der Waals surface area contributed by atoms with E-state index in [-0.39, 0.29) is 6.04 Å². The molecule has 0 radical (unpaired) electrons. The predicted molar refractivity (Wildman–Crippen MR) is 115 cm³/mol. The first-order chi connectivity index (χ1) is 15.5. The molecule has 1 amide bonds. The van der Waals surface area contributed by atoms with E-state index in [0.29, 0.717) is 12.2 Å². The van der Waals surface area contributed by atoms with Gasteiger partial charge in [0.2, 0.25) is 0 Å². The fraction of sp³-hybridized carbons (Fsp3) is 0.0800. The molecule has 1 atom stereocenters. The van der Waals surface area contributed by atoms with Gasteiger partial charge in [-0.05, 0) is 42.0 Å². The third kappa shape index (κ3) is 7.30. The molecule has 0 spiro atoms. The first-order valence-corrected chi connectivity index (χ1v) is 9.18. The summed E-state index contributed by atoms with van der Waals surface area (Å²) >= 11 is 0. The lowest BCUT2D eigenvalue weighted by atomic mass is 10.1. The minimum atomic E-state index is -0.537. The van der Waals surface area contributed by atoms with Crippen LogP contribution in [-0.4, -0.2) is 17.7 Å². The first-order valence-electron chi connectivity index (χ1n) is 9.18. The quantitative estimate of drug-likeness (QED) is 0.584. The molecule has 1 aromatic heterocycles. The highest BCUT2D eigenvalue weighted by Crippen LogP contribution is 2.17. The second kappa shape index (κ2) is 12.1. The number of benzene rings is 2. The van der Waals surface area contributed by atoms with Crippen molar-refractivity contribution in [2.45, 2.75) is 6.04 Å². The molecule has 2 aromatic carbocycles. The largest absolute Gasteiger partial charge is 0.447 e. The van der Waals surface area contributed by atoms with Crippen LogP contribution in [0, 0.1) is 47.7 Å². The number of nitrogens with one attached hydrogen (secondary N) is 1. The summed E-state index contributed by atoms with van der Waals surface area (Å²) in [4.78, 5) is 15.2. The SMILES string of the molecule is C#C.Fc1cccc(F)c1.N#Cc1cccc(C#Cc2cncc([C@@H]3COC(=O)N3)c2)c1. The smallest absolute Gasteiger partial charge is 0.407 e. The summed E-state index contributed by atoms with van der Waals surface area (Å²) in [6, 6.07) is 15.4. The summed E-state index contributed by atoms with van der Waals surface area (Å²) in [5.74, 6) is 4.94. The number of hydrogen-bond acceptors (Lipinski definition) is 4. The number of halogens is 2. The van der Waals surface area contributed by atoms with E-state index in [1.54, 1.807) is 30.6 Å². The summed E-state index contributed by atoms with van der Waals surface area (Å²) in [5, 5.41) is 11.6. The van der Waals surface area contributed by atoms with Crippen LogP contribution in [0.5, 0.6) is 0 Å². The van der Waals surface area contributed by atoms with E-state index in [0.717, 1.165) is 22.8 Å². The third-order valence-electron chi connectivity index (χ3n) is 3.96. The van der Waals surface area contributed by atoms with Crippen LogP contribution in [0.15, 0.2) is 67.0 Å². The number of nitriles is 1. The normalized spacial score (nSPS) is 13.3. The number of terminal acetylenes is 1. The number of ether oxygens (including phenoxy) is 1. The summed E-state index contributed by atoms with van der Waals surface area (Å²) < 4.78 is 28.7. The molecule has 1 aliphatic heterocycles. The van der Waals surface area contributed by atoms with Gasteiger partial charge < -0.3 is 10.1 Å². The van der Waals surface area contributed by atoms with Gasteiger partial charge in [-0.25, -0.2) is 13.6 Å². The molecule has 5 nitrogen and oxygen atoms in total. The highest BCUT2D eigenvalue weighted by molar-refractivity contribution is 5.70. The Bertz CT molecular complexity index is 1190. The molecule has 158 valence electrons. The monoisotopic (exact) mass is 429 g/mol. The number of carbonyl (C=O) groups excluding carboxylic acids is 1. The van der Waals surface area contributed by atoms with Gasteiger partial charge in [-0.3, -0.25) is 4.98 Å². The fourth-order valence-corrected chi connectivity index (χ4v) is 2.55. The van der Waals surface area contributed by atoms with Crippen LogP contribution in [0.4, 0.5) is 13.6 Å². The zero-order valence-corrected chi connectivity index (χ0v) is 16.8. The molecule has 3 aromatic rings. The molecule has 0 bridgehead atoms. The summed E-state index contributed by atoms with van der Waals surface area (Å²) in [6.45, 7) is 0.293. The molecule has 32 heavy (non-hydrogen) atoms. The van der Waals surface area contributed by atoms with Gasteiger partial charge in [-0.1, -0.05) is 24.0 Å². The number of carbonyl (C=O) groups is 1. The zero-order chi connectivity index (χ0) is 23.3. The van der Waals surface area contributed by atoms with Crippen molar-refractivity contribution in [3.05, 3.63) is 101 Å². The van der Waals surface area contributed by atoms with E-state index < -0.39 is 17.7 Å². The van der Waals surface area contributed by atoms with Crippen molar-refractivity contribution in [3.8, 4) is 30.8 Å². The van der Waals surface area contributed by atoms with Crippen molar-refractivity contribution in [3.63, 3.8) is 0 Å². The van der Waals surface area contributed by atoms with Crippen molar-refractivity contribution < 1.29 is 18.3 Å². The summed E-state index contributed by atoms with van der Waals surface area (Å²) in [7, 11) is 0. The molecule has 0 unspecified atom stereocenters. The van der Waals surface area contributed by atoms with E-state index in [1.807, 2.05) is 12.1 Å². The number of alkyl carbamates (subject to hydrolysis) is 1. The van der Waals surface area contributed by atoms with Crippen LogP contribution in [0.1, 0.15) is 28.3 Å². The van der Waals surface area contributed by atoms with Crippen molar-refractivity contribution >= 4 is 6.09 Å². The molecular formula is C25H17F2N3O2. The van der Waals surface area contributed by atoms with E-state index in [1.165, 1.54) is 18.2 Å². The minimum Gasteiger partial charge on any atom is -0.447 e. The number of rotatable bonds is 1. The van der Waals surface area contributed by atoms with Gasteiger partial charge in [0.1, 0.15) is 18.2 Å². The molecule has 2 heterocycles. The lowest BCUT2D eigenvalue weighted by Crippen LogP contribution is -2.18. The van der Waals surface area contributed by atoms with Crippen LogP contribution in [-0.2, 0) is 4.74 Å². The summed E-state index contributed by atoms with van der Waals surface area (Å²) in [6.07, 6.45) is 10.9. The zero-order valence-electron chi connectivity index (χ0n) is 16.8. The van der Waals surface area contributed by atoms with Gasteiger partial charge in [-0.2, -0.15) is 5.26 Å². The highest BCUT2D eigenvalue weighted by atomic mass is 19.1. The average molecular weight is 429 g/mol. The van der Waals surface area contributed by atoms with Crippen molar-refractivity contribution in [2.24, 2.45) is 0 Å². The number of cyclic esters (lactones) is 1. The third-order valence-corrected chi connectivity index (χ3v) is 3.96. The van der Waals surface area contributed by atoms with Crippen molar-refractivity contribution in [2.75, 3.05) is 6.61 Å². The van der Waals surface area contributed by atoms with E-state index >= 15 is 0 Å². The average Bonchev–Trinajstić information content (AvgIpc) is 3.26. The number of nitrogens with zero attached hydrogens (tertiary/aromatic N) is 2. The van der Waals surface area contributed by atoms with Gasteiger partial charge >= 0.3 is 6.09 Å². The fourth-order valence-electron chi connectivity index (χ4n) is 2.55. The van der Waals surface area contributed by atoms with Crippen molar-refractivity contribution in [1.82, 2.24) is 10.3 Å². The van der Waals surface area contributed by atoms with Crippen molar-refractivity contribution in [1.29, 1.82) is 5.26 Å². The van der Waals surface area contributed by atoms with Crippen LogP contribution >= 0.6 is 0 Å². The Kier molecular flexibility index (Phi) is 8.94. The molecule has 0 aliphatic carbocycles. The van der Waals surface area contributed by atoms with Crippen LogP contribution < -0.4 is 5.32 Å². The van der Waals surface area contributed by atoms with E-state index in [2.05, 4.69) is 41.1 Å². The Morgan fingerprint density at radius 3 is 2.22 bits per heavy atom. The maximum atomic E-state index is 11.9. The topological polar surface area (TPSA) is 75.0 Å². The molecule has 1 aliphatic rings. The Balaban J connectivity index is 0.000000304. The molecule has 1 fully saturated rings. The number of hydrogen-bond donors (Lipinski definition) is 1. The minimum absolute atomic E-state index is 0.191. The lowest BCUT2D eigenvalue weighted by Gasteiger charge is -2.06. The second-order valence-electron chi connectivity index (χ2n) is 6.18. The maximum absolute atomic E-state index is 11.9. The van der Waals surface area contributed by atoms with E-state index in [9.17, 15) is 13.6 Å². The standard InChI is InChI=1S/C17H11N3O2.C6H4F2.C2H2/c18-8-13-3-1-2-12(6-13)4-5-14-7-15(10-19-9-14)16-11-22-17(21)20-16;7-5-2-1-3-6(8)4-5;1-2/h1-3,6-7,9-10,16H,11H2,(H,20,21);1-4H;1-2H/t16-;;/m0../s1. The van der Waals surface area contributed by atoms with Gasteiger partial charge in [-0.15, -0.1) is 12.8 Å². The van der Waals surface area contributed by atoms with Gasteiger partial charge in [0.15, 0.2) is 0 Å². The number of amides is 1. The number of pyridine rings is 1. The molecule has 7 heteroatoms. The molecule has 4 rings (SSSR count). The first kappa shape index (κ1) is 23.6. The maximum Gasteiger partial charge on any atom is 0.407 e. The molecule has 0 saturated carbocycles. The van der Waals surface area contributed by atoms with Gasteiger partial charge in [0.25, 0.3) is 0 Å². The highest BCUT2D eigenvalue weighted by Gasteiger charge is 2.23. The summed E-state index contributed by atoms with van der Waals surface area (Å²) in [5.41, 5.74) is 2.93. The lowest BCUT2D eigenvalue weighted by molar-refractivity contribution is 0.177. The van der Waals surface area contributed by atoms with Crippen LogP contribution in [0.3, 0.4) is 0 Å². The molecular weight excluding hydrogens is 412 g/mol. The van der Waals surface area contributed by atoms with Crippen LogP contribution in [0.25, 0.3) is 0 Å². The molecule has 1 N–H and O–H groups in total.